The number of anilines is 2. The standard InChI is InChI=1S/C14H19N3O2/c1-9-5-6-11(8-13(9)16-10(2)18)17-14(19)12-4-3-7-15-12/h5-6,8,12,15H,3-4,7H2,1-2H3,(H,16,18)(H,17,19)/t12-/m0/s1. The summed E-state index contributed by atoms with van der Waals surface area (Å²) in [6.45, 7) is 4.27. The first-order valence-electron chi connectivity index (χ1n) is 6.49. The van der Waals surface area contributed by atoms with Crippen LogP contribution in [0, 0.1) is 6.92 Å². The van der Waals surface area contributed by atoms with Gasteiger partial charge < -0.3 is 16.0 Å². The summed E-state index contributed by atoms with van der Waals surface area (Å²) in [5, 5.41) is 8.78. The van der Waals surface area contributed by atoms with Crippen molar-refractivity contribution >= 4 is 23.2 Å². The molecule has 0 aliphatic carbocycles. The molecule has 2 amide bonds. The molecule has 2 rings (SSSR count). The molecule has 0 spiro atoms. The van der Waals surface area contributed by atoms with Crippen LogP contribution in [0.15, 0.2) is 18.2 Å². The molecule has 1 saturated heterocycles. The van der Waals surface area contributed by atoms with Crippen LogP contribution >= 0.6 is 0 Å². The predicted octanol–water partition coefficient (Wildman–Crippen LogP) is 1.64. The maximum absolute atomic E-state index is 12.0. The minimum Gasteiger partial charge on any atom is -0.326 e. The van der Waals surface area contributed by atoms with Gasteiger partial charge in [-0.2, -0.15) is 0 Å². The van der Waals surface area contributed by atoms with Crippen molar-refractivity contribution in [2.45, 2.75) is 32.7 Å². The highest BCUT2D eigenvalue weighted by atomic mass is 16.2. The van der Waals surface area contributed by atoms with Gasteiger partial charge in [0.05, 0.1) is 6.04 Å². The summed E-state index contributed by atoms with van der Waals surface area (Å²) in [5.74, 6) is -0.140. The van der Waals surface area contributed by atoms with E-state index in [1.54, 1.807) is 6.07 Å². The van der Waals surface area contributed by atoms with Gasteiger partial charge in [0.1, 0.15) is 0 Å². The second kappa shape index (κ2) is 5.84. The van der Waals surface area contributed by atoms with E-state index < -0.39 is 0 Å². The van der Waals surface area contributed by atoms with Crippen molar-refractivity contribution in [3.63, 3.8) is 0 Å². The minimum absolute atomic E-state index is 0.0184. The van der Waals surface area contributed by atoms with Crippen molar-refractivity contribution < 1.29 is 9.59 Å². The zero-order valence-electron chi connectivity index (χ0n) is 11.2. The van der Waals surface area contributed by atoms with E-state index in [1.807, 2.05) is 19.1 Å². The van der Waals surface area contributed by atoms with Gasteiger partial charge in [0.15, 0.2) is 0 Å². The molecule has 0 radical (unpaired) electrons. The monoisotopic (exact) mass is 261 g/mol. The van der Waals surface area contributed by atoms with E-state index in [0.717, 1.165) is 30.6 Å². The van der Waals surface area contributed by atoms with E-state index in [9.17, 15) is 9.59 Å². The Morgan fingerprint density at radius 1 is 1.32 bits per heavy atom. The number of hydrogen-bond donors (Lipinski definition) is 3. The second-order valence-corrected chi connectivity index (χ2v) is 4.85. The second-order valence-electron chi connectivity index (χ2n) is 4.85. The minimum atomic E-state index is -0.121. The van der Waals surface area contributed by atoms with Crippen LogP contribution in [-0.4, -0.2) is 24.4 Å². The van der Waals surface area contributed by atoms with Crippen LogP contribution in [0.3, 0.4) is 0 Å². The third kappa shape index (κ3) is 3.54. The van der Waals surface area contributed by atoms with Crippen molar-refractivity contribution in [1.29, 1.82) is 0 Å². The van der Waals surface area contributed by atoms with Crippen molar-refractivity contribution in [2.75, 3.05) is 17.2 Å². The van der Waals surface area contributed by atoms with E-state index in [0.29, 0.717) is 5.69 Å². The third-order valence-electron chi connectivity index (χ3n) is 3.19. The van der Waals surface area contributed by atoms with Crippen molar-refractivity contribution in [3.05, 3.63) is 23.8 Å². The smallest absolute Gasteiger partial charge is 0.241 e. The SMILES string of the molecule is CC(=O)Nc1cc(NC(=O)[C@@H]2CCCN2)ccc1C. The lowest BCUT2D eigenvalue weighted by atomic mass is 10.1. The molecular formula is C14H19N3O2. The molecular weight excluding hydrogens is 242 g/mol. The molecule has 1 aliphatic rings. The molecule has 19 heavy (non-hydrogen) atoms. The molecule has 3 N–H and O–H groups in total. The Balaban J connectivity index is 2.07. The van der Waals surface area contributed by atoms with Crippen LogP contribution in [0.25, 0.3) is 0 Å². The Morgan fingerprint density at radius 2 is 2.11 bits per heavy atom. The Kier molecular flexibility index (Phi) is 4.16. The third-order valence-corrected chi connectivity index (χ3v) is 3.19. The largest absolute Gasteiger partial charge is 0.326 e. The summed E-state index contributed by atoms with van der Waals surface area (Å²) in [7, 11) is 0. The van der Waals surface area contributed by atoms with E-state index in [4.69, 9.17) is 0 Å². The van der Waals surface area contributed by atoms with Gasteiger partial charge in [0.2, 0.25) is 11.8 Å². The van der Waals surface area contributed by atoms with E-state index >= 15 is 0 Å². The van der Waals surface area contributed by atoms with E-state index in [1.165, 1.54) is 6.92 Å². The fourth-order valence-corrected chi connectivity index (χ4v) is 2.16. The van der Waals surface area contributed by atoms with Crippen molar-refractivity contribution in [2.24, 2.45) is 0 Å². The zero-order chi connectivity index (χ0) is 13.8. The summed E-state index contributed by atoms with van der Waals surface area (Å²) in [6, 6.07) is 5.39. The van der Waals surface area contributed by atoms with Gasteiger partial charge in [-0.05, 0) is 44.0 Å². The highest BCUT2D eigenvalue weighted by molar-refractivity contribution is 5.96. The molecule has 0 aromatic heterocycles. The van der Waals surface area contributed by atoms with Crippen LogP contribution in [0.5, 0.6) is 0 Å². The van der Waals surface area contributed by atoms with Gasteiger partial charge in [-0.15, -0.1) is 0 Å². The lowest BCUT2D eigenvalue weighted by Gasteiger charge is -2.13. The first kappa shape index (κ1) is 13.5. The first-order chi connectivity index (χ1) is 9.06. The van der Waals surface area contributed by atoms with Crippen LogP contribution in [0.4, 0.5) is 11.4 Å². The molecule has 5 nitrogen and oxygen atoms in total. The molecule has 1 aromatic carbocycles. The molecule has 0 saturated carbocycles. The first-order valence-corrected chi connectivity index (χ1v) is 6.49. The summed E-state index contributed by atoms with van der Waals surface area (Å²) in [5.41, 5.74) is 2.39. The van der Waals surface area contributed by atoms with Crippen molar-refractivity contribution in [1.82, 2.24) is 5.32 Å². The Labute approximate surface area is 112 Å². The van der Waals surface area contributed by atoms with Gasteiger partial charge in [-0.25, -0.2) is 0 Å². The maximum atomic E-state index is 12.0. The Hall–Kier alpha value is -1.88. The maximum Gasteiger partial charge on any atom is 0.241 e. The molecule has 1 aliphatic heterocycles. The molecule has 0 unspecified atom stereocenters. The van der Waals surface area contributed by atoms with Gasteiger partial charge in [0, 0.05) is 18.3 Å². The van der Waals surface area contributed by atoms with E-state index in [-0.39, 0.29) is 17.9 Å². The summed E-state index contributed by atoms with van der Waals surface area (Å²) in [4.78, 5) is 23.1. The quantitative estimate of drug-likeness (QED) is 0.774. The Bertz CT molecular complexity index is 493. The topological polar surface area (TPSA) is 70.2 Å². The summed E-state index contributed by atoms with van der Waals surface area (Å²) >= 11 is 0. The average molecular weight is 261 g/mol. The van der Waals surface area contributed by atoms with E-state index in [2.05, 4.69) is 16.0 Å². The zero-order valence-corrected chi connectivity index (χ0v) is 11.2. The van der Waals surface area contributed by atoms with Gasteiger partial charge in [-0.3, -0.25) is 9.59 Å². The fraction of sp³-hybridized carbons (Fsp3) is 0.429. The lowest BCUT2D eigenvalue weighted by Crippen LogP contribution is -2.35. The number of aryl methyl sites for hydroxylation is 1. The number of carbonyl (C=O) groups excluding carboxylic acids is 2. The Morgan fingerprint density at radius 3 is 2.74 bits per heavy atom. The number of nitrogens with one attached hydrogen (secondary N) is 3. The number of amides is 2. The number of benzene rings is 1. The highest BCUT2D eigenvalue weighted by Crippen LogP contribution is 2.21. The number of rotatable bonds is 3. The number of hydrogen-bond acceptors (Lipinski definition) is 3. The molecule has 1 heterocycles. The molecule has 5 heteroatoms. The fourth-order valence-electron chi connectivity index (χ4n) is 2.16. The van der Waals surface area contributed by atoms with Crippen LogP contribution in [0.2, 0.25) is 0 Å². The highest BCUT2D eigenvalue weighted by Gasteiger charge is 2.21. The predicted molar refractivity (Wildman–Crippen MR) is 75.1 cm³/mol. The normalized spacial score (nSPS) is 18.1. The van der Waals surface area contributed by atoms with Crippen LogP contribution < -0.4 is 16.0 Å². The average Bonchev–Trinajstić information content (AvgIpc) is 2.86. The molecule has 1 aromatic rings. The van der Waals surface area contributed by atoms with Crippen LogP contribution in [-0.2, 0) is 9.59 Å². The lowest BCUT2D eigenvalue weighted by molar-refractivity contribution is -0.117. The van der Waals surface area contributed by atoms with Crippen molar-refractivity contribution in [3.8, 4) is 0 Å². The molecule has 0 bridgehead atoms. The van der Waals surface area contributed by atoms with Gasteiger partial charge in [-0.1, -0.05) is 6.07 Å². The molecule has 1 fully saturated rings. The number of carbonyl (C=O) groups is 2. The van der Waals surface area contributed by atoms with Gasteiger partial charge >= 0.3 is 0 Å². The molecule has 102 valence electrons. The molecule has 1 atom stereocenters. The summed E-state index contributed by atoms with van der Waals surface area (Å²) in [6.07, 6.45) is 1.90. The summed E-state index contributed by atoms with van der Waals surface area (Å²) < 4.78 is 0. The van der Waals surface area contributed by atoms with Crippen LogP contribution in [0.1, 0.15) is 25.3 Å². The van der Waals surface area contributed by atoms with Gasteiger partial charge in [0.25, 0.3) is 0 Å².